The number of pyridine rings is 1. The Bertz CT molecular complexity index is 377. The molecule has 4 nitrogen and oxygen atoms in total. The number of nitrogens with zero attached hydrogens (tertiary/aromatic N) is 1. The molecule has 1 rings (SSSR count). The predicted octanol–water partition coefficient (Wildman–Crippen LogP) is 0.188. The van der Waals surface area contributed by atoms with Gasteiger partial charge in [-0.2, -0.15) is 0 Å². The van der Waals surface area contributed by atoms with Gasteiger partial charge in [-0.05, 0) is 6.07 Å². The van der Waals surface area contributed by atoms with E-state index in [1.165, 1.54) is 13.3 Å². The highest BCUT2D eigenvalue weighted by Gasteiger charge is 1.94. The Morgan fingerprint density at radius 3 is 3.08 bits per heavy atom. The molecule has 0 bridgehead atoms. The van der Waals surface area contributed by atoms with Gasteiger partial charge in [0.1, 0.15) is 0 Å². The van der Waals surface area contributed by atoms with Crippen LogP contribution in [0.2, 0.25) is 0 Å². The lowest BCUT2D eigenvalue weighted by Crippen LogP contribution is -1.96. The van der Waals surface area contributed by atoms with Gasteiger partial charge < -0.3 is 10.5 Å². The number of hydrogen-bond acceptors (Lipinski definition) is 4. The zero-order valence-corrected chi connectivity index (χ0v) is 7.07. The van der Waals surface area contributed by atoms with E-state index >= 15 is 0 Å². The Morgan fingerprint density at radius 2 is 2.46 bits per heavy atom. The van der Waals surface area contributed by atoms with Crippen LogP contribution in [0, 0.1) is 11.8 Å². The van der Waals surface area contributed by atoms with Crippen molar-refractivity contribution < 1.29 is 9.53 Å². The molecule has 0 aliphatic carbocycles. The van der Waals surface area contributed by atoms with Gasteiger partial charge in [0.15, 0.2) is 0 Å². The summed E-state index contributed by atoms with van der Waals surface area (Å²) in [5, 5.41) is 0. The summed E-state index contributed by atoms with van der Waals surface area (Å²) in [6.45, 7) is 0. The largest absolute Gasteiger partial charge is 0.459 e. The summed E-state index contributed by atoms with van der Waals surface area (Å²) >= 11 is 0. The van der Waals surface area contributed by atoms with Gasteiger partial charge in [-0.15, -0.1) is 0 Å². The SMILES string of the molecule is COC(=O)C#Cc1cnccc1N. The molecule has 0 aromatic carbocycles. The van der Waals surface area contributed by atoms with Crippen LogP contribution in [-0.2, 0) is 9.53 Å². The van der Waals surface area contributed by atoms with Crippen molar-refractivity contribution in [2.75, 3.05) is 12.8 Å². The quantitative estimate of drug-likeness (QED) is 0.452. The van der Waals surface area contributed by atoms with Gasteiger partial charge in [0.25, 0.3) is 0 Å². The van der Waals surface area contributed by atoms with Gasteiger partial charge in [0.2, 0.25) is 0 Å². The minimum Gasteiger partial charge on any atom is -0.459 e. The Kier molecular flexibility index (Phi) is 2.87. The molecule has 0 amide bonds. The molecule has 1 aromatic rings. The van der Waals surface area contributed by atoms with Gasteiger partial charge in [-0.3, -0.25) is 4.98 Å². The molecule has 0 saturated carbocycles. The van der Waals surface area contributed by atoms with Crippen molar-refractivity contribution in [3.05, 3.63) is 24.0 Å². The second-order valence-corrected chi connectivity index (χ2v) is 2.20. The summed E-state index contributed by atoms with van der Waals surface area (Å²) in [6.07, 6.45) is 3.05. The number of rotatable bonds is 0. The Hall–Kier alpha value is -2.02. The fraction of sp³-hybridized carbons (Fsp3) is 0.111. The van der Waals surface area contributed by atoms with Crippen molar-refractivity contribution in [1.82, 2.24) is 4.98 Å². The van der Waals surface area contributed by atoms with Crippen molar-refractivity contribution in [3.8, 4) is 11.8 Å². The van der Waals surface area contributed by atoms with Crippen molar-refractivity contribution in [2.24, 2.45) is 0 Å². The maximum Gasteiger partial charge on any atom is 0.384 e. The first-order chi connectivity index (χ1) is 6.24. The first-order valence-electron chi connectivity index (χ1n) is 3.53. The van der Waals surface area contributed by atoms with E-state index in [0.29, 0.717) is 11.3 Å². The number of carbonyl (C=O) groups excluding carboxylic acids is 1. The monoisotopic (exact) mass is 176 g/mol. The van der Waals surface area contributed by atoms with Crippen LogP contribution < -0.4 is 5.73 Å². The second-order valence-electron chi connectivity index (χ2n) is 2.20. The zero-order valence-electron chi connectivity index (χ0n) is 7.07. The van der Waals surface area contributed by atoms with Crippen LogP contribution >= 0.6 is 0 Å². The van der Waals surface area contributed by atoms with E-state index in [1.54, 1.807) is 12.3 Å². The number of nitrogen functional groups attached to an aromatic ring is 1. The Morgan fingerprint density at radius 1 is 1.69 bits per heavy atom. The first kappa shape index (κ1) is 9.07. The van der Waals surface area contributed by atoms with E-state index < -0.39 is 5.97 Å². The molecular weight excluding hydrogens is 168 g/mol. The molecule has 0 unspecified atom stereocenters. The smallest absolute Gasteiger partial charge is 0.384 e. The Labute approximate surface area is 75.7 Å². The molecule has 0 radical (unpaired) electrons. The van der Waals surface area contributed by atoms with Crippen LogP contribution in [0.3, 0.4) is 0 Å². The van der Waals surface area contributed by atoms with Crippen molar-refractivity contribution in [2.45, 2.75) is 0 Å². The lowest BCUT2D eigenvalue weighted by Gasteiger charge is -1.93. The zero-order chi connectivity index (χ0) is 9.68. The highest BCUT2D eigenvalue weighted by molar-refractivity contribution is 5.89. The van der Waals surface area contributed by atoms with Crippen molar-refractivity contribution >= 4 is 11.7 Å². The summed E-state index contributed by atoms with van der Waals surface area (Å²) in [7, 11) is 1.27. The highest BCUT2D eigenvalue weighted by Crippen LogP contribution is 2.05. The highest BCUT2D eigenvalue weighted by atomic mass is 16.5. The van der Waals surface area contributed by atoms with E-state index in [2.05, 4.69) is 21.6 Å². The second kappa shape index (κ2) is 4.12. The Balaban J connectivity index is 2.89. The van der Waals surface area contributed by atoms with Gasteiger partial charge in [0.05, 0.1) is 18.4 Å². The average molecular weight is 176 g/mol. The summed E-state index contributed by atoms with van der Waals surface area (Å²) in [5.41, 5.74) is 6.57. The van der Waals surface area contributed by atoms with Gasteiger partial charge in [0, 0.05) is 18.3 Å². The van der Waals surface area contributed by atoms with Crippen LogP contribution in [0.15, 0.2) is 18.5 Å². The third-order valence-electron chi connectivity index (χ3n) is 1.34. The van der Waals surface area contributed by atoms with E-state index in [9.17, 15) is 4.79 Å². The van der Waals surface area contributed by atoms with Crippen LogP contribution in [0.4, 0.5) is 5.69 Å². The maximum absolute atomic E-state index is 10.6. The molecule has 4 heteroatoms. The van der Waals surface area contributed by atoms with Gasteiger partial charge in [-0.1, -0.05) is 5.92 Å². The summed E-state index contributed by atoms with van der Waals surface area (Å²) in [5.74, 6) is 4.22. The fourth-order valence-electron chi connectivity index (χ4n) is 0.679. The van der Waals surface area contributed by atoms with E-state index in [4.69, 9.17) is 5.73 Å². The van der Waals surface area contributed by atoms with Crippen LogP contribution in [0.5, 0.6) is 0 Å². The van der Waals surface area contributed by atoms with E-state index in [-0.39, 0.29) is 0 Å². The topological polar surface area (TPSA) is 65.2 Å². The van der Waals surface area contributed by atoms with E-state index in [0.717, 1.165) is 0 Å². The molecule has 1 aromatic heterocycles. The molecule has 0 atom stereocenters. The first-order valence-corrected chi connectivity index (χ1v) is 3.53. The summed E-state index contributed by atoms with van der Waals surface area (Å²) in [4.78, 5) is 14.5. The average Bonchev–Trinajstić information content (AvgIpc) is 2.16. The number of methoxy groups -OCH3 is 1. The van der Waals surface area contributed by atoms with Gasteiger partial charge >= 0.3 is 5.97 Å². The number of esters is 1. The van der Waals surface area contributed by atoms with E-state index in [1.807, 2.05) is 0 Å². The minimum absolute atomic E-state index is 0.492. The predicted molar refractivity (Wildman–Crippen MR) is 47.5 cm³/mol. The molecule has 2 N–H and O–H groups in total. The third-order valence-corrected chi connectivity index (χ3v) is 1.34. The summed E-state index contributed by atoms with van der Waals surface area (Å²) < 4.78 is 4.34. The van der Waals surface area contributed by atoms with Crippen LogP contribution in [-0.4, -0.2) is 18.1 Å². The molecule has 0 spiro atoms. The number of nitrogens with two attached hydrogens (primary N) is 1. The molecule has 0 saturated heterocycles. The standard InChI is InChI=1S/C9H8N2O2/c1-13-9(12)3-2-7-6-11-5-4-8(7)10/h4-6H,1H3,(H2,10,11). The van der Waals surface area contributed by atoms with Crippen LogP contribution in [0.25, 0.3) is 0 Å². The number of hydrogen-bond donors (Lipinski definition) is 1. The minimum atomic E-state index is -0.594. The molecule has 0 aliphatic heterocycles. The fourth-order valence-corrected chi connectivity index (χ4v) is 0.679. The maximum atomic E-state index is 10.6. The molecule has 66 valence electrons. The number of aromatic nitrogens is 1. The molecule has 0 fully saturated rings. The molecule has 13 heavy (non-hydrogen) atoms. The number of carbonyl (C=O) groups is 1. The number of anilines is 1. The normalized spacial score (nSPS) is 8.38. The van der Waals surface area contributed by atoms with Gasteiger partial charge in [-0.25, -0.2) is 4.79 Å². The number of ether oxygens (including phenoxy) is 1. The lowest BCUT2D eigenvalue weighted by molar-refractivity contribution is -0.133. The lowest BCUT2D eigenvalue weighted by atomic mass is 10.2. The molecule has 1 heterocycles. The molecular formula is C9H8N2O2. The van der Waals surface area contributed by atoms with Crippen LogP contribution in [0.1, 0.15) is 5.56 Å². The summed E-state index contributed by atoms with van der Waals surface area (Å²) in [6, 6.07) is 1.61. The molecule has 0 aliphatic rings. The third kappa shape index (κ3) is 2.49. The van der Waals surface area contributed by atoms with Crippen molar-refractivity contribution in [3.63, 3.8) is 0 Å². The van der Waals surface area contributed by atoms with Crippen molar-refractivity contribution in [1.29, 1.82) is 0 Å².